The van der Waals surface area contributed by atoms with Crippen molar-refractivity contribution < 1.29 is 34.8 Å². The molecule has 2 aromatic heterocycles. The fourth-order valence-electron chi connectivity index (χ4n) is 2.55. The fraction of sp³-hybridized carbons (Fsp3) is 0.111. The number of nitrogen functional groups attached to an aromatic ring is 1. The quantitative estimate of drug-likeness (QED) is 0.588. The van der Waals surface area contributed by atoms with E-state index in [4.69, 9.17) is 5.73 Å². The Morgan fingerprint density at radius 1 is 0.767 bits per heavy atom. The van der Waals surface area contributed by atoms with Gasteiger partial charge in [0.1, 0.15) is 11.5 Å². The highest BCUT2D eigenvalue weighted by Gasteiger charge is 2.46. The van der Waals surface area contributed by atoms with Crippen LogP contribution < -0.4 is 5.73 Å². The molecular formula is C18H11F6N3O2S. The van der Waals surface area contributed by atoms with E-state index in [-0.39, 0.29) is 16.9 Å². The van der Waals surface area contributed by atoms with Crippen LogP contribution in [0.3, 0.4) is 0 Å². The summed E-state index contributed by atoms with van der Waals surface area (Å²) in [6.07, 6.45) is -2.34. The Morgan fingerprint density at radius 3 is 1.83 bits per heavy atom. The SMILES string of the molecule is Nc1ncc(-c2ccc(S(=O)(=O)C(F)(F)F)cc2)cc1-c1ccc(C(F)(F)F)nc1. The van der Waals surface area contributed by atoms with Gasteiger partial charge in [0.15, 0.2) is 0 Å². The molecule has 0 aliphatic rings. The molecule has 30 heavy (non-hydrogen) atoms. The number of alkyl halides is 6. The maximum Gasteiger partial charge on any atom is 0.501 e. The molecule has 0 spiro atoms. The normalized spacial score (nSPS) is 12.7. The van der Waals surface area contributed by atoms with Gasteiger partial charge in [-0.1, -0.05) is 18.2 Å². The summed E-state index contributed by atoms with van der Waals surface area (Å²) in [6, 6.07) is 7.30. The maximum atomic E-state index is 12.7. The lowest BCUT2D eigenvalue weighted by Gasteiger charge is -2.11. The van der Waals surface area contributed by atoms with Crippen LogP contribution in [0.5, 0.6) is 0 Å². The number of halogens is 6. The number of sulfone groups is 1. The van der Waals surface area contributed by atoms with E-state index in [0.29, 0.717) is 11.1 Å². The van der Waals surface area contributed by atoms with Gasteiger partial charge in [-0.25, -0.2) is 13.4 Å². The van der Waals surface area contributed by atoms with Gasteiger partial charge >= 0.3 is 11.7 Å². The second kappa shape index (κ2) is 7.27. The van der Waals surface area contributed by atoms with E-state index in [9.17, 15) is 34.8 Å². The summed E-state index contributed by atoms with van der Waals surface area (Å²) >= 11 is 0. The van der Waals surface area contributed by atoms with Crippen LogP contribution in [0.2, 0.25) is 0 Å². The van der Waals surface area contributed by atoms with Gasteiger partial charge in [-0.15, -0.1) is 0 Å². The molecule has 1 aromatic carbocycles. The summed E-state index contributed by atoms with van der Waals surface area (Å²) in [7, 11) is -5.49. The number of nitrogens with zero attached hydrogens (tertiary/aromatic N) is 2. The minimum atomic E-state index is -5.49. The third-order valence-electron chi connectivity index (χ3n) is 4.09. The van der Waals surface area contributed by atoms with Gasteiger partial charge in [-0.3, -0.25) is 4.98 Å². The lowest BCUT2D eigenvalue weighted by Crippen LogP contribution is -2.23. The Hall–Kier alpha value is -3.15. The number of anilines is 1. The topological polar surface area (TPSA) is 85.9 Å². The van der Waals surface area contributed by atoms with Crippen LogP contribution in [0.1, 0.15) is 5.69 Å². The second-order valence-corrected chi connectivity index (χ2v) is 8.00. The van der Waals surface area contributed by atoms with Crippen LogP contribution in [0.4, 0.5) is 32.2 Å². The zero-order chi connectivity index (χ0) is 22.3. The molecule has 3 aromatic rings. The third-order valence-corrected chi connectivity index (χ3v) is 5.59. The zero-order valence-electron chi connectivity index (χ0n) is 14.7. The summed E-state index contributed by atoms with van der Waals surface area (Å²) in [5.41, 5.74) is 0.442. The van der Waals surface area contributed by atoms with Gasteiger partial charge in [0.2, 0.25) is 0 Å². The number of rotatable bonds is 3. The molecule has 3 rings (SSSR count). The molecule has 0 unspecified atom stereocenters. The molecule has 2 N–H and O–H groups in total. The number of aromatic nitrogens is 2. The van der Waals surface area contributed by atoms with E-state index >= 15 is 0 Å². The average molecular weight is 447 g/mol. The Bertz CT molecular complexity index is 1170. The van der Waals surface area contributed by atoms with Gasteiger partial charge in [0.05, 0.1) is 4.90 Å². The summed E-state index contributed by atoms with van der Waals surface area (Å²) < 4.78 is 98.8. The second-order valence-electron chi connectivity index (χ2n) is 6.06. The lowest BCUT2D eigenvalue weighted by atomic mass is 10.0. The van der Waals surface area contributed by atoms with Crippen molar-refractivity contribution in [3.63, 3.8) is 0 Å². The molecule has 0 aliphatic heterocycles. The van der Waals surface area contributed by atoms with Crippen LogP contribution in [0.25, 0.3) is 22.3 Å². The number of hydrogen-bond acceptors (Lipinski definition) is 5. The standard InChI is InChI=1S/C18H11F6N3O2S/c19-17(20,21)15-6-3-11(8-26-15)14-7-12(9-27-16(14)25)10-1-4-13(5-2-10)30(28,29)18(22,23)24/h1-9H,(H2,25,27). The Morgan fingerprint density at radius 2 is 1.33 bits per heavy atom. The molecule has 0 radical (unpaired) electrons. The van der Waals surface area contributed by atoms with E-state index in [1.807, 2.05) is 0 Å². The maximum absolute atomic E-state index is 12.7. The molecule has 0 atom stereocenters. The summed E-state index contributed by atoms with van der Waals surface area (Å²) in [5.74, 6) is -0.00317. The average Bonchev–Trinajstić information content (AvgIpc) is 2.67. The Labute approximate surface area is 166 Å². The highest BCUT2D eigenvalue weighted by molar-refractivity contribution is 7.92. The first-order chi connectivity index (χ1) is 13.8. The van der Waals surface area contributed by atoms with Gasteiger partial charge in [-0.05, 0) is 29.8 Å². The van der Waals surface area contributed by atoms with Crippen LogP contribution in [-0.4, -0.2) is 23.9 Å². The van der Waals surface area contributed by atoms with E-state index in [1.165, 1.54) is 12.3 Å². The van der Waals surface area contributed by atoms with Crippen molar-refractivity contribution in [3.8, 4) is 22.3 Å². The molecule has 0 saturated heterocycles. The van der Waals surface area contributed by atoms with E-state index in [0.717, 1.165) is 42.6 Å². The van der Waals surface area contributed by atoms with Crippen molar-refractivity contribution >= 4 is 15.7 Å². The first-order valence-electron chi connectivity index (χ1n) is 8.01. The predicted molar refractivity (Wildman–Crippen MR) is 95.6 cm³/mol. The van der Waals surface area contributed by atoms with Crippen LogP contribution in [0, 0.1) is 0 Å². The molecular weight excluding hydrogens is 436 g/mol. The summed E-state index contributed by atoms with van der Waals surface area (Å²) in [5, 5.41) is 0. The number of pyridine rings is 2. The lowest BCUT2D eigenvalue weighted by molar-refractivity contribution is -0.141. The van der Waals surface area contributed by atoms with Crippen molar-refractivity contribution in [1.29, 1.82) is 0 Å². The first-order valence-corrected chi connectivity index (χ1v) is 9.50. The molecule has 0 amide bonds. The van der Waals surface area contributed by atoms with E-state index in [2.05, 4.69) is 9.97 Å². The van der Waals surface area contributed by atoms with Crippen molar-refractivity contribution in [3.05, 3.63) is 60.6 Å². The Balaban J connectivity index is 1.98. The van der Waals surface area contributed by atoms with Crippen molar-refractivity contribution in [2.75, 3.05) is 5.73 Å². The summed E-state index contributed by atoms with van der Waals surface area (Å²) in [4.78, 5) is 6.37. The van der Waals surface area contributed by atoms with Gasteiger partial charge in [0, 0.05) is 29.1 Å². The fourth-order valence-corrected chi connectivity index (χ4v) is 3.31. The number of hydrogen-bond donors (Lipinski definition) is 1. The highest BCUT2D eigenvalue weighted by Crippen LogP contribution is 2.34. The van der Waals surface area contributed by atoms with Crippen LogP contribution in [-0.2, 0) is 16.0 Å². The monoisotopic (exact) mass is 447 g/mol. The highest BCUT2D eigenvalue weighted by atomic mass is 32.2. The molecule has 0 aliphatic carbocycles. The molecule has 158 valence electrons. The van der Waals surface area contributed by atoms with Crippen molar-refractivity contribution in [2.24, 2.45) is 0 Å². The smallest absolute Gasteiger partial charge is 0.383 e. The van der Waals surface area contributed by atoms with Crippen LogP contribution in [0.15, 0.2) is 59.8 Å². The third kappa shape index (κ3) is 4.08. The molecule has 0 bridgehead atoms. The van der Waals surface area contributed by atoms with Gasteiger partial charge in [-0.2, -0.15) is 26.3 Å². The number of nitrogens with two attached hydrogens (primary N) is 1. The van der Waals surface area contributed by atoms with Gasteiger partial charge < -0.3 is 5.73 Å². The van der Waals surface area contributed by atoms with Gasteiger partial charge in [0.25, 0.3) is 9.84 Å². The predicted octanol–water partition coefficient (Wildman–Crippen LogP) is 4.71. The van der Waals surface area contributed by atoms with Crippen molar-refractivity contribution in [2.45, 2.75) is 16.6 Å². The largest absolute Gasteiger partial charge is 0.501 e. The number of benzene rings is 1. The molecule has 5 nitrogen and oxygen atoms in total. The van der Waals surface area contributed by atoms with E-state index < -0.39 is 32.1 Å². The summed E-state index contributed by atoms with van der Waals surface area (Å²) in [6.45, 7) is 0. The molecule has 2 heterocycles. The molecule has 12 heteroatoms. The first kappa shape index (κ1) is 21.6. The zero-order valence-corrected chi connectivity index (χ0v) is 15.5. The minimum absolute atomic E-state index is 0.00317. The molecule has 0 saturated carbocycles. The van der Waals surface area contributed by atoms with Crippen LogP contribution >= 0.6 is 0 Å². The van der Waals surface area contributed by atoms with E-state index in [1.54, 1.807) is 0 Å². The molecule has 0 fully saturated rings. The minimum Gasteiger partial charge on any atom is -0.383 e. The van der Waals surface area contributed by atoms with Crippen molar-refractivity contribution in [1.82, 2.24) is 9.97 Å². The Kier molecular flexibility index (Phi) is 5.23.